The summed E-state index contributed by atoms with van der Waals surface area (Å²) in [5, 5.41) is 16.7. The molecule has 0 saturated carbocycles. The van der Waals surface area contributed by atoms with Crippen LogP contribution in [0.1, 0.15) is 18.1 Å². The zero-order valence-corrected chi connectivity index (χ0v) is 12.3. The van der Waals surface area contributed by atoms with E-state index < -0.39 is 0 Å². The van der Waals surface area contributed by atoms with Crippen molar-refractivity contribution < 1.29 is 4.74 Å². The van der Waals surface area contributed by atoms with Crippen molar-refractivity contribution in [3.63, 3.8) is 0 Å². The lowest BCUT2D eigenvalue weighted by Gasteiger charge is -2.11. The van der Waals surface area contributed by atoms with Crippen molar-refractivity contribution in [1.82, 2.24) is 9.61 Å². The molecule has 5 heteroatoms. The second-order valence-electron chi connectivity index (χ2n) is 4.86. The number of nitriles is 1. The van der Waals surface area contributed by atoms with Gasteiger partial charge < -0.3 is 10.1 Å². The van der Waals surface area contributed by atoms with Crippen LogP contribution >= 0.6 is 0 Å². The second kappa shape index (κ2) is 6.19. The predicted octanol–water partition coefficient (Wildman–Crippen LogP) is 3.22. The smallest absolute Gasteiger partial charge is 0.149 e. The highest BCUT2D eigenvalue weighted by atomic mass is 16.5. The van der Waals surface area contributed by atoms with Crippen LogP contribution in [0.4, 0.5) is 5.69 Å². The maximum atomic E-state index is 9.23. The van der Waals surface area contributed by atoms with Gasteiger partial charge in [0.15, 0.2) is 0 Å². The van der Waals surface area contributed by atoms with Crippen LogP contribution in [0.2, 0.25) is 0 Å². The molecule has 1 aromatic carbocycles. The van der Waals surface area contributed by atoms with Gasteiger partial charge in [0.05, 0.1) is 18.1 Å². The number of fused-ring (bicyclic) bond motifs is 1. The molecule has 2 aromatic heterocycles. The molecule has 1 N–H and O–H groups in total. The fourth-order valence-corrected chi connectivity index (χ4v) is 2.31. The summed E-state index contributed by atoms with van der Waals surface area (Å²) in [5.41, 5.74) is 3.18. The number of benzene rings is 1. The van der Waals surface area contributed by atoms with Gasteiger partial charge in [-0.15, -0.1) is 0 Å². The lowest BCUT2D eigenvalue weighted by Crippen LogP contribution is -2.02. The van der Waals surface area contributed by atoms with Gasteiger partial charge in [0.25, 0.3) is 0 Å². The van der Waals surface area contributed by atoms with E-state index in [-0.39, 0.29) is 0 Å². The fourth-order valence-electron chi connectivity index (χ4n) is 2.31. The Labute approximate surface area is 128 Å². The number of nitrogens with one attached hydrogen (secondary N) is 1. The van der Waals surface area contributed by atoms with Crippen LogP contribution in [0.5, 0.6) is 5.75 Å². The van der Waals surface area contributed by atoms with E-state index in [1.807, 2.05) is 49.5 Å². The molecule has 0 aliphatic carbocycles. The molecule has 2 heterocycles. The molecule has 0 saturated heterocycles. The average Bonchev–Trinajstić information content (AvgIpc) is 2.97. The number of hydrogen-bond acceptors (Lipinski definition) is 4. The lowest BCUT2D eigenvalue weighted by molar-refractivity contribution is 0.308. The van der Waals surface area contributed by atoms with E-state index in [1.165, 1.54) is 0 Å². The first kappa shape index (κ1) is 14.0. The molecule has 0 aliphatic rings. The van der Waals surface area contributed by atoms with E-state index in [9.17, 15) is 5.26 Å². The Kier molecular flexibility index (Phi) is 3.92. The zero-order valence-electron chi connectivity index (χ0n) is 12.3. The third kappa shape index (κ3) is 2.72. The van der Waals surface area contributed by atoms with Crippen LogP contribution in [0.25, 0.3) is 5.52 Å². The molecular formula is C17H16N4O. The molecule has 0 amide bonds. The van der Waals surface area contributed by atoms with Crippen molar-refractivity contribution in [1.29, 1.82) is 5.26 Å². The van der Waals surface area contributed by atoms with Crippen molar-refractivity contribution in [2.45, 2.75) is 13.5 Å². The molecular weight excluding hydrogens is 276 g/mol. The Morgan fingerprint density at radius 3 is 2.86 bits per heavy atom. The molecule has 0 aliphatic heterocycles. The van der Waals surface area contributed by atoms with Gasteiger partial charge in [-0.25, -0.2) is 4.52 Å². The number of pyridine rings is 1. The molecule has 0 atom stereocenters. The van der Waals surface area contributed by atoms with E-state index in [1.54, 1.807) is 10.7 Å². The van der Waals surface area contributed by atoms with Gasteiger partial charge in [-0.2, -0.15) is 10.4 Å². The molecule has 0 fully saturated rings. The summed E-state index contributed by atoms with van der Waals surface area (Å²) in [5.74, 6) is 0.649. The van der Waals surface area contributed by atoms with Crippen LogP contribution in [0.3, 0.4) is 0 Å². The summed E-state index contributed by atoms with van der Waals surface area (Å²) in [6.45, 7) is 3.27. The Morgan fingerprint density at radius 2 is 2.14 bits per heavy atom. The average molecular weight is 292 g/mol. The van der Waals surface area contributed by atoms with E-state index in [0.29, 0.717) is 23.4 Å². The monoisotopic (exact) mass is 292 g/mol. The molecule has 3 aromatic rings. The lowest BCUT2D eigenvalue weighted by atomic mass is 10.2. The first-order valence-corrected chi connectivity index (χ1v) is 7.14. The van der Waals surface area contributed by atoms with Gasteiger partial charge >= 0.3 is 0 Å². The van der Waals surface area contributed by atoms with Crippen molar-refractivity contribution in [3.8, 4) is 11.8 Å². The first-order chi connectivity index (χ1) is 10.8. The topological polar surface area (TPSA) is 62.3 Å². The van der Waals surface area contributed by atoms with Gasteiger partial charge in [-0.05, 0) is 12.5 Å². The standard InChI is InChI=1S/C17H16N4O/c1-2-19-15-8-16(22-12-13-6-4-3-5-7-13)17-14(9-18)10-20-21(17)11-15/h3-8,10-11,19H,2,12H2,1H3. The third-order valence-corrected chi connectivity index (χ3v) is 3.32. The van der Waals surface area contributed by atoms with Crippen molar-refractivity contribution in [3.05, 3.63) is 59.9 Å². The summed E-state index contributed by atoms with van der Waals surface area (Å²) >= 11 is 0. The van der Waals surface area contributed by atoms with Crippen molar-refractivity contribution >= 4 is 11.2 Å². The van der Waals surface area contributed by atoms with Gasteiger partial charge in [-0.1, -0.05) is 30.3 Å². The Bertz CT molecular complexity index is 818. The Balaban J connectivity index is 1.98. The molecule has 3 rings (SSSR count). The molecule has 5 nitrogen and oxygen atoms in total. The maximum absolute atomic E-state index is 9.23. The summed E-state index contributed by atoms with van der Waals surface area (Å²) in [4.78, 5) is 0. The summed E-state index contributed by atoms with van der Waals surface area (Å²) in [6.07, 6.45) is 3.41. The van der Waals surface area contributed by atoms with E-state index in [0.717, 1.165) is 17.8 Å². The van der Waals surface area contributed by atoms with Gasteiger partial charge in [0.1, 0.15) is 29.5 Å². The molecule has 0 radical (unpaired) electrons. The van der Waals surface area contributed by atoms with Crippen molar-refractivity contribution in [2.24, 2.45) is 0 Å². The quantitative estimate of drug-likeness (QED) is 0.784. The van der Waals surface area contributed by atoms with Crippen LogP contribution in [-0.4, -0.2) is 16.2 Å². The highest BCUT2D eigenvalue weighted by Gasteiger charge is 2.12. The Morgan fingerprint density at radius 1 is 1.32 bits per heavy atom. The number of ether oxygens (including phenoxy) is 1. The zero-order chi connectivity index (χ0) is 15.4. The number of aromatic nitrogens is 2. The van der Waals surface area contributed by atoms with Crippen LogP contribution in [-0.2, 0) is 6.61 Å². The highest BCUT2D eigenvalue weighted by molar-refractivity contribution is 5.72. The van der Waals surface area contributed by atoms with Crippen LogP contribution in [0.15, 0.2) is 48.8 Å². The normalized spacial score (nSPS) is 10.4. The van der Waals surface area contributed by atoms with Crippen molar-refractivity contribution in [2.75, 3.05) is 11.9 Å². The fraction of sp³-hybridized carbons (Fsp3) is 0.176. The molecule has 22 heavy (non-hydrogen) atoms. The summed E-state index contributed by atoms with van der Waals surface area (Å²) < 4.78 is 7.62. The van der Waals surface area contributed by atoms with Gasteiger partial charge in [0, 0.05) is 12.6 Å². The minimum absolute atomic E-state index is 0.447. The van der Waals surface area contributed by atoms with E-state index in [2.05, 4.69) is 16.5 Å². The number of nitrogens with zero attached hydrogens (tertiary/aromatic N) is 3. The Hall–Kier alpha value is -3.00. The SMILES string of the molecule is CCNc1cc(OCc2ccccc2)c2c(C#N)cnn2c1. The highest BCUT2D eigenvalue weighted by Crippen LogP contribution is 2.27. The molecule has 0 spiro atoms. The third-order valence-electron chi connectivity index (χ3n) is 3.32. The number of anilines is 1. The van der Waals surface area contributed by atoms with E-state index in [4.69, 9.17) is 4.74 Å². The molecule has 110 valence electrons. The van der Waals surface area contributed by atoms with Gasteiger partial charge in [0.2, 0.25) is 0 Å². The summed E-state index contributed by atoms with van der Waals surface area (Å²) in [7, 11) is 0. The maximum Gasteiger partial charge on any atom is 0.149 e. The minimum Gasteiger partial charge on any atom is -0.487 e. The molecule has 0 unspecified atom stereocenters. The van der Waals surface area contributed by atoms with E-state index >= 15 is 0 Å². The number of rotatable bonds is 5. The van der Waals surface area contributed by atoms with Crippen LogP contribution in [0, 0.1) is 11.3 Å². The largest absolute Gasteiger partial charge is 0.487 e. The minimum atomic E-state index is 0.447. The number of hydrogen-bond donors (Lipinski definition) is 1. The molecule has 0 bridgehead atoms. The first-order valence-electron chi connectivity index (χ1n) is 7.14. The van der Waals surface area contributed by atoms with Crippen LogP contribution < -0.4 is 10.1 Å². The second-order valence-corrected chi connectivity index (χ2v) is 4.86. The van der Waals surface area contributed by atoms with Gasteiger partial charge in [-0.3, -0.25) is 0 Å². The predicted molar refractivity (Wildman–Crippen MR) is 84.8 cm³/mol. The summed E-state index contributed by atoms with van der Waals surface area (Å²) in [6, 6.07) is 14.0.